The van der Waals surface area contributed by atoms with Crippen LogP contribution in [0, 0.1) is 5.41 Å². The molecule has 1 amide bonds. The summed E-state index contributed by atoms with van der Waals surface area (Å²) in [5, 5.41) is 3.09. The second kappa shape index (κ2) is 4.80. The molecule has 1 aliphatic rings. The maximum atomic E-state index is 12.2. The molecule has 118 valence electrons. The van der Waals surface area contributed by atoms with Gasteiger partial charge in [0, 0.05) is 6.26 Å². The molecule has 2 aromatic rings. The molecule has 22 heavy (non-hydrogen) atoms. The minimum atomic E-state index is -3.28. The Balaban J connectivity index is 1.89. The van der Waals surface area contributed by atoms with Gasteiger partial charge in [0.2, 0.25) is 5.91 Å². The lowest BCUT2D eigenvalue weighted by Crippen LogP contribution is -2.25. The van der Waals surface area contributed by atoms with E-state index in [-0.39, 0.29) is 10.8 Å². The van der Waals surface area contributed by atoms with Crippen LogP contribution in [0.15, 0.2) is 23.1 Å². The lowest BCUT2D eigenvalue weighted by atomic mass is 10.1. The molecule has 0 radical (unpaired) electrons. The molecule has 1 N–H and O–H groups in total. The van der Waals surface area contributed by atoms with Crippen molar-refractivity contribution in [2.75, 3.05) is 11.6 Å². The van der Waals surface area contributed by atoms with Crippen molar-refractivity contribution < 1.29 is 13.2 Å². The van der Waals surface area contributed by atoms with Crippen molar-refractivity contribution in [3.05, 3.63) is 18.2 Å². The van der Waals surface area contributed by atoms with E-state index in [9.17, 15) is 13.2 Å². The number of alkyl halides is 2. The van der Waals surface area contributed by atoms with Gasteiger partial charge in [-0.2, -0.15) is 0 Å². The summed E-state index contributed by atoms with van der Waals surface area (Å²) in [6.45, 7) is 1.69. The summed E-state index contributed by atoms with van der Waals surface area (Å²) in [7, 11) is -3.28. The van der Waals surface area contributed by atoms with E-state index in [0.717, 1.165) is 6.26 Å². The van der Waals surface area contributed by atoms with E-state index in [1.165, 1.54) is 17.4 Å². The molecule has 1 saturated carbocycles. The molecule has 0 bridgehead atoms. The van der Waals surface area contributed by atoms with Gasteiger partial charge in [0.1, 0.15) is 4.33 Å². The summed E-state index contributed by atoms with van der Waals surface area (Å²) in [5.41, 5.74) is -0.206. The molecule has 1 fully saturated rings. The van der Waals surface area contributed by atoms with Gasteiger partial charge in [-0.3, -0.25) is 4.79 Å². The second-order valence-corrected chi connectivity index (χ2v) is 10.1. The minimum Gasteiger partial charge on any atom is -0.301 e. The highest BCUT2D eigenvalue weighted by molar-refractivity contribution is 7.90. The summed E-state index contributed by atoms with van der Waals surface area (Å²) in [5.74, 6) is -0.292. The predicted molar refractivity (Wildman–Crippen MR) is 88.5 cm³/mol. The van der Waals surface area contributed by atoms with Gasteiger partial charge in [-0.05, 0) is 31.5 Å². The van der Waals surface area contributed by atoms with Gasteiger partial charge in [-0.25, -0.2) is 13.4 Å². The molecule has 0 aliphatic heterocycles. The number of aromatic nitrogens is 1. The first kappa shape index (κ1) is 16.0. The zero-order chi connectivity index (χ0) is 16.3. The highest BCUT2D eigenvalue weighted by Crippen LogP contribution is 2.64. The van der Waals surface area contributed by atoms with Crippen LogP contribution >= 0.6 is 34.5 Å². The molecule has 1 aliphatic carbocycles. The molecule has 1 aromatic carbocycles. The first-order valence-corrected chi connectivity index (χ1v) is 9.79. The molecular weight excluding hydrogens is 367 g/mol. The number of nitrogens with zero attached hydrogens (tertiary/aromatic N) is 1. The van der Waals surface area contributed by atoms with Crippen LogP contribution in [0.25, 0.3) is 10.2 Å². The maximum absolute atomic E-state index is 12.2. The monoisotopic (exact) mass is 378 g/mol. The van der Waals surface area contributed by atoms with Gasteiger partial charge in [0.25, 0.3) is 0 Å². The second-order valence-electron chi connectivity index (χ2n) is 5.59. The largest absolute Gasteiger partial charge is 0.301 e. The van der Waals surface area contributed by atoms with Gasteiger partial charge in [-0.1, -0.05) is 11.3 Å². The van der Waals surface area contributed by atoms with Crippen molar-refractivity contribution in [1.29, 1.82) is 0 Å². The zero-order valence-electron chi connectivity index (χ0n) is 11.7. The van der Waals surface area contributed by atoms with Crippen molar-refractivity contribution in [1.82, 2.24) is 4.98 Å². The number of fused-ring (bicyclic) bond motifs is 1. The quantitative estimate of drug-likeness (QED) is 0.831. The molecule has 1 atom stereocenters. The summed E-state index contributed by atoms with van der Waals surface area (Å²) in [4.78, 5) is 16.7. The molecule has 0 spiro atoms. The van der Waals surface area contributed by atoms with Gasteiger partial charge in [-0.15, -0.1) is 23.2 Å². The van der Waals surface area contributed by atoms with Crippen LogP contribution in [-0.2, 0) is 14.6 Å². The highest BCUT2D eigenvalue weighted by atomic mass is 35.5. The normalized spacial score (nSPS) is 23.5. The number of rotatable bonds is 3. The van der Waals surface area contributed by atoms with Crippen LogP contribution in [-0.4, -0.2) is 29.9 Å². The Morgan fingerprint density at radius 1 is 1.41 bits per heavy atom. The standard InChI is InChI=1S/C13H12Cl2N2O3S2/c1-12(6-13(12,14)15)10(18)17-11-16-8-4-3-7(22(2,19)20)5-9(8)21-11/h3-5H,6H2,1-2H3,(H,16,17,18)/t12-/m0/s1. The molecule has 9 heteroatoms. The van der Waals surface area contributed by atoms with E-state index in [4.69, 9.17) is 23.2 Å². The van der Waals surface area contributed by atoms with E-state index in [2.05, 4.69) is 10.3 Å². The predicted octanol–water partition coefficient (Wildman–Crippen LogP) is 3.22. The zero-order valence-corrected chi connectivity index (χ0v) is 14.8. The molecular formula is C13H12Cl2N2O3S2. The van der Waals surface area contributed by atoms with E-state index in [1.54, 1.807) is 19.1 Å². The number of hydrogen-bond donors (Lipinski definition) is 1. The van der Waals surface area contributed by atoms with Gasteiger partial charge < -0.3 is 5.32 Å². The summed E-state index contributed by atoms with van der Waals surface area (Å²) < 4.78 is 22.8. The Morgan fingerprint density at radius 2 is 2.05 bits per heavy atom. The number of sulfone groups is 1. The maximum Gasteiger partial charge on any atom is 0.235 e. The number of anilines is 1. The Kier molecular flexibility index (Phi) is 3.49. The lowest BCUT2D eigenvalue weighted by molar-refractivity contribution is -0.120. The fraction of sp³-hybridized carbons (Fsp3) is 0.385. The van der Waals surface area contributed by atoms with E-state index in [0.29, 0.717) is 21.8 Å². The molecule has 1 aromatic heterocycles. The average Bonchev–Trinajstić information content (AvgIpc) is 2.75. The van der Waals surface area contributed by atoms with Crippen molar-refractivity contribution in [2.45, 2.75) is 22.6 Å². The molecule has 5 nitrogen and oxygen atoms in total. The minimum absolute atomic E-state index is 0.219. The first-order valence-electron chi connectivity index (χ1n) is 6.33. The number of halogens is 2. The third-order valence-electron chi connectivity index (χ3n) is 3.77. The van der Waals surface area contributed by atoms with Crippen LogP contribution in [0.2, 0.25) is 0 Å². The van der Waals surface area contributed by atoms with Crippen LogP contribution in [0.5, 0.6) is 0 Å². The Bertz CT molecular complexity index is 892. The van der Waals surface area contributed by atoms with Crippen LogP contribution < -0.4 is 5.32 Å². The molecule has 1 heterocycles. The fourth-order valence-electron chi connectivity index (χ4n) is 2.07. The van der Waals surface area contributed by atoms with E-state index < -0.39 is 19.6 Å². The van der Waals surface area contributed by atoms with Crippen molar-refractivity contribution >= 4 is 65.6 Å². The summed E-state index contributed by atoms with van der Waals surface area (Å²) in [6.07, 6.45) is 1.53. The Morgan fingerprint density at radius 3 is 2.59 bits per heavy atom. The smallest absolute Gasteiger partial charge is 0.235 e. The van der Waals surface area contributed by atoms with Crippen LogP contribution in [0.3, 0.4) is 0 Å². The lowest BCUT2D eigenvalue weighted by Gasteiger charge is -2.10. The number of carbonyl (C=O) groups is 1. The van der Waals surface area contributed by atoms with Gasteiger partial charge in [0.15, 0.2) is 15.0 Å². The van der Waals surface area contributed by atoms with E-state index in [1.807, 2.05) is 0 Å². The summed E-state index contributed by atoms with van der Waals surface area (Å²) in [6, 6.07) is 4.65. The number of carbonyl (C=O) groups excluding carboxylic acids is 1. The summed E-state index contributed by atoms with van der Waals surface area (Å²) >= 11 is 13.2. The Hall–Kier alpha value is -0.890. The highest BCUT2D eigenvalue weighted by Gasteiger charge is 2.68. The van der Waals surface area contributed by atoms with E-state index >= 15 is 0 Å². The topological polar surface area (TPSA) is 76.1 Å². The van der Waals surface area contributed by atoms with Crippen LogP contribution in [0.4, 0.5) is 5.13 Å². The number of amides is 1. The van der Waals surface area contributed by atoms with Crippen LogP contribution in [0.1, 0.15) is 13.3 Å². The number of hydrogen-bond acceptors (Lipinski definition) is 5. The molecule has 0 saturated heterocycles. The molecule has 3 rings (SSSR count). The molecule has 0 unspecified atom stereocenters. The van der Waals surface area contributed by atoms with Crippen molar-refractivity contribution in [2.24, 2.45) is 5.41 Å². The number of nitrogens with one attached hydrogen (secondary N) is 1. The van der Waals surface area contributed by atoms with Crippen molar-refractivity contribution in [3.63, 3.8) is 0 Å². The third-order valence-corrected chi connectivity index (χ3v) is 6.91. The average molecular weight is 379 g/mol. The van der Waals surface area contributed by atoms with Crippen molar-refractivity contribution in [3.8, 4) is 0 Å². The first-order chi connectivity index (χ1) is 10.0. The third kappa shape index (κ3) is 2.60. The number of thiazole rings is 1. The SMILES string of the molecule is C[C@@]1(C(=O)Nc2nc3ccc(S(C)(=O)=O)cc3s2)CC1(Cl)Cl. The fourth-order valence-corrected chi connectivity index (χ4v) is 4.40. The van der Waals surface area contributed by atoms with Gasteiger partial charge >= 0.3 is 0 Å². The van der Waals surface area contributed by atoms with Gasteiger partial charge in [0.05, 0.1) is 20.5 Å². The number of benzene rings is 1. The Labute approximate surface area is 141 Å².